The Labute approximate surface area is 182 Å². The number of aliphatic hydroxyl groups is 1. The Morgan fingerprint density at radius 1 is 1.35 bits per heavy atom. The highest BCUT2D eigenvalue weighted by molar-refractivity contribution is 5.81. The number of hydrogen-bond acceptors (Lipinski definition) is 4. The smallest absolute Gasteiger partial charge is 0.344 e. The predicted molar refractivity (Wildman–Crippen MR) is 103 cm³/mol. The van der Waals surface area contributed by atoms with Crippen LogP contribution in [0.2, 0.25) is 0 Å². The van der Waals surface area contributed by atoms with Crippen molar-refractivity contribution in [1.29, 1.82) is 0 Å². The molecule has 1 aliphatic carbocycles. The van der Waals surface area contributed by atoms with E-state index in [9.17, 15) is 9.90 Å². The molecule has 1 atom stereocenters. The molecule has 1 unspecified atom stereocenters. The van der Waals surface area contributed by atoms with E-state index < -0.39 is 98.2 Å². The van der Waals surface area contributed by atoms with Crippen molar-refractivity contribution in [2.24, 2.45) is 5.89 Å². The zero-order valence-electron chi connectivity index (χ0n) is 32.3. The van der Waals surface area contributed by atoms with Crippen molar-refractivity contribution in [1.82, 2.24) is 4.90 Å². The van der Waals surface area contributed by atoms with Crippen molar-refractivity contribution in [2.45, 2.75) is 51.3 Å². The van der Waals surface area contributed by atoms with Crippen LogP contribution >= 0.6 is 0 Å². The molecule has 1 N–H and O–H groups in total. The van der Waals surface area contributed by atoms with Gasteiger partial charge in [-0.1, -0.05) is 75.0 Å². The summed E-state index contributed by atoms with van der Waals surface area (Å²) < 4.78 is 153. The number of esters is 1. The van der Waals surface area contributed by atoms with E-state index in [1.54, 1.807) is 13.8 Å². The van der Waals surface area contributed by atoms with Gasteiger partial charge in [-0.3, -0.25) is 4.90 Å². The maximum atomic E-state index is 13.7. The fraction of sp³-hybridized carbons (Fsp3) is 0.591. The van der Waals surface area contributed by atoms with Gasteiger partial charge in [0.05, 0.1) is 16.1 Å². The van der Waals surface area contributed by atoms with E-state index in [-0.39, 0.29) is 13.1 Å². The second-order valence-corrected chi connectivity index (χ2v) is 4.87. The standard InChI is InChI=1S/C22H31NO3/c1-3-23(4-2)17-11-12-18-26-21(24)22(25,19-13-7-5-8-14-19)20-15-9-6-10-16-20/h5,7-8,13-14,20,25H,3-4,6,9-10,15-18H2,1-2H3/i5D,6D2,7D,8D,9D2,10D2,13D,14D,15D2,16D2,17D2,20D. The summed E-state index contributed by atoms with van der Waals surface area (Å²) in [6, 6.07) is -6.58. The topological polar surface area (TPSA) is 49.8 Å². The molecule has 0 bridgehead atoms. The van der Waals surface area contributed by atoms with Gasteiger partial charge in [0.15, 0.2) is 12.2 Å². The molecule has 2 rings (SSSR count). The van der Waals surface area contributed by atoms with E-state index in [1.165, 1.54) is 4.90 Å². The maximum Gasteiger partial charge on any atom is 0.344 e. The molecule has 26 heavy (non-hydrogen) atoms. The highest BCUT2D eigenvalue weighted by atomic mass is 16.5. The molecule has 0 aromatic heterocycles. The minimum Gasteiger partial charge on any atom is -0.450 e. The van der Waals surface area contributed by atoms with Gasteiger partial charge in [0, 0.05) is 21.0 Å². The molecular weight excluding hydrogens is 326 g/mol. The zero-order valence-corrected chi connectivity index (χ0v) is 14.3. The molecular formula is C22H31NO3. The number of benzene rings is 1. The van der Waals surface area contributed by atoms with Gasteiger partial charge >= 0.3 is 5.97 Å². The van der Waals surface area contributed by atoms with E-state index in [0.717, 1.165) is 0 Å². The van der Waals surface area contributed by atoms with Crippen molar-refractivity contribution >= 4 is 5.97 Å². The second-order valence-electron chi connectivity index (χ2n) is 4.87. The predicted octanol–water partition coefficient (Wildman–Crippen LogP) is 3.34. The molecule has 1 saturated carbocycles. The molecule has 0 amide bonds. The summed E-state index contributed by atoms with van der Waals surface area (Å²) in [6.45, 7) is 0.215. The number of hydrogen-bond donors (Lipinski definition) is 1. The van der Waals surface area contributed by atoms with Gasteiger partial charge in [-0.25, -0.2) is 4.79 Å². The van der Waals surface area contributed by atoms with Crippen molar-refractivity contribution in [3.05, 3.63) is 35.8 Å². The molecule has 4 heteroatoms. The third kappa shape index (κ3) is 5.09. The summed E-state index contributed by atoms with van der Waals surface area (Å²) in [7, 11) is 0. The Balaban J connectivity index is 3.04. The molecule has 142 valence electrons. The lowest BCUT2D eigenvalue weighted by Crippen LogP contribution is -2.45. The lowest BCUT2D eigenvalue weighted by Gasteiger charge is -2.36. The van der Waals surface area contributed by atoms with E-state index in [4.69, 9.17) is 29.4 Å². The highest BCUT2D eigenvalue weighted by Crippen LogP contribution is 2.40. The SMILES string of the molecule is [2H]c1c([2H])c([2H])c(C(O)(C(=O)OCC#CC([2H])([2H])N(CC)CC)C2([2H])C([2H])([2H])C([2H])([2H])C([2H])([2H])C([2H])([2H])C2([2H])[2H])c([2H])c1[2H]. The average Bonchev–Trinajstić information content (AvgIpc) is 2.91. The van der Waals surface area contributed by atoms with Crippen molar-refractivity contribution in [3.63, 3.8) is 0 Å². The van der Waals surface area contributed by atoms with Gasteiger partial charge in [0.25, 0.3) is 0 Å². The van der Waals surface area contributed by atoms with Crippen LogP contribution in [0.25, 0.3) is 0 Å². The first-order valence-corrected chi connectivity index (χ1v) is 7.79. The van der Waals surface area contributed by atoms with Gasteiger partial charge in [-0.05, 0) is 31.4 Å². The first-order chi connectivity index (χ1) is 19.6. The highest BCUT2D eigenvalue weighted by Gasteiger charge is 2.46. The first-order valence-electron chi connectivity index (χ1n) is 16.8. The number of rotatable bonds is 7. The van der Waals surface area contributed by atoms with Gasteiger partial charge in [-0.2, -0.15) is 0 Å². The normalized spacial score (nSPS) is 38.8. The number of ether oxygens (including phenoxy) is 1. The Bertz CT molecular complexity index is 1320. The van der Waals surface area contributed by atoms with Crippen molar-refractivity contribution < 1.29 is 39.3 Å². The van der Waals surface area contributed by atoms with Crippen molar-refractivity contribution in [2.75, 3.05) is 26.2 Å². The Hall–Kier alpha value is -1.83. The van der Waals surface area contributed by atoms with E-state index in [1.807, 2.05) is 0 Å². The first kappa shape index (κ1) is 6.96. The fourth-order valence-corrected chi connectivity index (χ4v) is 1.93. The van der Waals surface area contributed by atoms with E-state index in [2.05, 4.69) is 11.8 Å². The lowest BCUT2D eigenvalue weighted by molar-refractivity contribution is -0.174. The number of carbonyl (C=O) groups is 1. The molecule has 0 spiro atoms. The molecule has 1 aliphatic rings. The molecule has 0 heterocycles. The monoisotopic (exact) mass is 375 g/mol. The lowest BCUT2D eigenvalue weighted by atomic mass is 9.73. The quantitative estimate of drug-likeness (QED) is 0.586. The van der Waals surface area contributed by atoms with Crippen LogP contribution in [-0.2, 0) is 15.1 Å². The Morgan fingerprint density at radius 2 is 2.00 bits per heavy atom. The van der Waals surface area contributed by atoms with Crippen LogP contribution in [0.15, 0.2) is 30.2 Å². The van der Waals surface area contributed by atoms with Gasteiger partial charge in [0.2, 0.25) is 0 Å². The van der Waals surface area contributed by atoms with Gasteiger partial charge in [-0.15, -0.1) is 0 Å². The van der Waals surface area contributed by atoms with Crippen LogP contribution in [0.1, 0.15) is 75.9 Å². The van der Waals surface area contributed by atoms with Crippen LogP contribution in [-0.4, -0.2) is 42.2 Å². The number of carbonyl (C=O) groups excluding carboxylic acids is 1. The third-order valence-electron chi connectivity index (χ3n) is 3.36. The largest absolute Gasteiger partial charge is 0.450 e. The van der Waals surface area contributed by atoms with E-state index >= 15 is 0 Å². The molecule has 0 radical (unpaired) electrons. The molecule has 0 aliphatic heterocycles. The summed E-state index contributed by atoms with van der Waals surface area (Å²) in [5, 5.41) is 12.1. The fourth-order valence-electron chi connectivity index (χ4n) is 1.93. The zero-order chi connectivity index (χ0) is 34.9. The van der Waals surface area contributed by atoms with Gasteiger partial charge in [0.1, 0.15) is 0 Å². The second kappa shape index (κ2) is 10.4. The van der Waals surface area contributed by atoms with Crippen LogP contribution in [0, 0.1) is 17.7 Å². The molecule has 1 fully saturated rings. The Kier molecular flexibility index (Phi) is 2.77. The van der Waals surface area contributed by atoms with Crippen molar-refractivity contribution in [3.8, 4) is 11.8 Å². The van der Waals surface area contributed by atoms with Crippen LogP contribution in [0.4, 0.5) is 0 Å². The minimum absolute atomic E-state index is 0.205. The minimum atomic E-state index is -4.58. The van der Waals surface area contributed by atoms with Crippen LogP contribution in [0.5, 0.6) is 0 Å². The van der Waals surface area contributed by atoms with Crippen LogP contribution in [0.3, 0.4) is 0 Å². The summed E-state index contributed by atoms with van der Waals surface area (Å²) in [5.41, 5.74) is -6.15. The molecule has 1 aromatic rings. The molecule has 0 saturated heterocycles. The molecule has 4 nitrogen and oxygen atoms in total. The average molecular weight is 376 g/mol. The van der Waals surface area contributed by atoms with E-state index in [0.29, 0.717) is 0 Å². The van der Waals surface area contributed by atoms with Gasteiger partial charge < -0.3 is 9.84 Å². The summed E-state index contributed by atoms with van der Waals surface area (Å²) in [6.07, 6.45) is -21.4. The number of nitrogens with zero attached hydrogens (tertiary/aromatic N) is 1. The molecule has 1 aromatic carbocycles. The Morgan fingerprint density at radius 3 is 2.62 bits per heavy atom. The third-order valence-corrected chi connectivity index (χ3v) is 3.36. The maximum absolute atomic E-state index is 13.7. The van der Waals surface area contributed by atoms with Crippen LogP contribution < -0.4 is 0 Å². The summed E-state index contributed by atoms with van der Waals surface area (Å²) in [4.78, 5) is 15.0. The summed E-state index contributed by atoms with van der Waals surface area (Å²) >= 11 is 0. The summed E-state index contributed by atoms with van der Waals surface area (Å²) in [5.74, 6) is -2.65.